The Hall–Kier alpha value is -0.240. The largest absolute Gasteiger partial charge is 0.389 e. The molecule has 6 heteroatoms. The molecule has 0 saturated carbocycles. The molecule has 0 aliphatic carbocycles. The molecule has 0 aromatic heterocycles. The molecule has 0 amide bonds. The van der Waals surface area contributed by atoms with E-state index < -0.39 is 6.10 Å². The quantitative estimate of drug-likeness (QED) is 0.438. The normalized spacial score (nSPS) is 27.1. The van der Waals surface area contributed by atoms with E-state index in [1.165, 1.54) is 0 Å². The first-order valence-electron chi connectivity index (χ1n) is 13.5. The predicted octanol–water partition coefficient (Wildman–Crippen LogP) is 5.56. The zero-order chi connectivity index (χ0) is 26.2. The number of ether oxygens (including phenoxy) is 2. The number of hydroxylamine groups is 2. The van der Waals surface area contributed by atoms with Crippen LogP contribution in [-0.4, -0.2) is 81.4 Å². The minimum absolute atomic E-state index is 0.0632. The maximum Gasteiger partial charge on any atom is 0.0900 e. The van der Waals surface area contributed by atoms with Crippen LogP contribution in [-0.2, 0) is 14.3 Å². The molecule has 0 aromatic rings. The molecule has 0 radical (unpaired) electrons. The van der Waals surface area contributed by atoms with Crippen LogP contribution in [0, 0.1) is 0 Å². The zero-order valence-electron chi connectivity index (χ0n) is 24.5. The van der Waals surface area contributed by atoms with E-state index in [1.54, 1.807) is 7.11 Å². The first-order chi connectivity index (χ1) is 15.4. The van der Waals surface area contributed by atoms with Crippen molar-refractivity contribution in [3.63, 3.8) is 0 Å². The van der Waals surface area contributed by atoms with Gasteiger partial charge < -0.3 is 19.4 Å². The Labute approximate surface area is 210 Å². The van der Waals surface area contributed by atoms with E-state index >= 15 is 0 Å². The van der Waals surface area contributed by atoms with Crippen molar-refractivity contribution in [2.75, 3.05) is 20.3 Å². The summed E-state index contributed by atoms with van der Waals surface area (Å²) in [5.74, 6) is 0. The molecule has 202 valence electrons. The number of hydrogen-bond acceptors (Lipinski definition) is 6. The second-order valence-electron chi connectivity index (χ2n) is 13.7. The van der Waals surface area contributed by atoms with Gasteiger partial charge in [-0.05, 0) is 101 Å². The van der Waals surface area contributed by atoms with Crippen molar-refractivity contribution in [3.8, 4) is 0 Å². The Morgan fingerprint density at radius 1 is 0.824 bits per heavy atom. The number of piperidine rings is 2. The summed E-state index contributed by atoms with van der Waals surface area (Å²) in [7, 11) is 1.75. The van der Waals surface area contributed by atoms with Gasteiger partial charge in [-0.1, -0.05) is 13.8 Å². The van der Waals surface area contributed by atoms with Crippen molar-refractivity contribution in [2.24, 2.45) is 0 Å². The van der Waals surface area contributed by atoms with E-state index in [9.17, 15) is 5.11 Å². The lowest BCUT2D eigenvalue weighted by molar-refractivity contribution is -0.281. The lowest BCUT2D eigenvalue weighted by Gasteiger charge is -2.56. The topological polar surface area (TPSA) is 54.4 Å². The molecule has 1 unspecified atom stereocenters. The Morgan fingerprint density at radius 2 is 1.26 bits per heavy atom. The fraction of sp³-hybridized carbons (Fsp3) is 1.00. The Balaban J connectivity index is 2.00. The summed E-state index contributed by atoms with van der Waals surface area (Å²) in [6.07, 6.45) is 5.56. The molecule has 1 N–H and O–H groups in total. The summed E-state index contributed by atoms with van der Waals surface area (Å²) < 4.78 is 13.0. The van der Waals surface area contributed by atoms with E-state index in [2.05, 4.69) is 86.1 Å². The molecule has 2 aliphatic rings. The van der Waals surface area contributed by atoms with Gasteiger partial charge in [0, 0.05) is 28.7 Å². The van der Waals surface area contributed by atoms with Crippen molar-refractivity contribution >= 4 is 0 Å². The minimum Gasteiger partial charge on any atom is -0.389 e. The monoisotopic (exact) mass is 484 g/mol. The van der Waals surface area contributed by atoms with Gasteiger partial charge in [-0.2, -0.15) is 5.06 Å². The first-order valence-corrected chi connectivity index (χ1v) is 13.5. The molecule has 0 bridgehead atoms. The molecule has 2 heterocycles. The minimum atomic E-state index is -0.528. The van der Waals surface area contributed by atoms with E-state index in [1.807, 2.05) is 0 Å². The number of aliphatic hydroxyl groups is 1. The molecule has 6 nitrogen and oxygen atoms in total. The standard InChI is InChI=1S/C28H56N2O4/c1-13-28(11,14-2)34-23-17-24(3,4)29(25(5,6)18-23)19-21(31)20-33-22-15-26(7,8)30(32-12)27(9,10)16-22/h21-23,31H,13-20H2,1-12H3. The third-order valence-corrected chi connectivity index (χ3v) is 8.52. The van der Waals surface area contributed by atoms with Gasteiger partial charge in [-0.25, -0.2) is 0 Å². The Kier molecular flexibility index (Phi) is 9.37. The highest BCUT2D eigenvalue weighted by molar-refractivity contribution is 5.02. The van der Waals surface area contributed by atoms with Crippen LogP contribution in [0.15, 0.2) is 0 Å². The average molecular weight is 485 g/mol. The Bertz CT molecular complexity index is 621. The fourth-order valence-corrected chi connectivity index (χ4v) is 6.92. The highest BCUT2D eigenvalue weighted by Gasteiger charge is 2.48. The number of β-amino-alcohol motifs (C(OH)–C–C–N with tert-alkyl or cyclic N) is 1. The highest BCUT2D eigenvalue weighted by Crippen LogP contribution is 2.42. The second-order valence-corrected chi connectivity index (χ2v) is 13.7. The van der Waals surface area contributed by atoms with Gasteiger partial charge in [-0.15, -0.1) is 0 Å². The highest BCUT2D eigenvalue weighted by atomic mass is 16.7. The van der Waals surface area contributed by atoms with Crippen molar-refractivity contribution in [2.45, 2.75) is 161 Å². The van der Waals surface area contributed by atoms with Crippen LogP contribution in [0.2, 0.25) is 0 Å². The van der Waals surface area contributed by atoms with Gasteiger partial charge in [-0.3, -0.25) is 4.90 Å². The van der Waals surface area contributed by atoms with Crippen molar-refractivity contribution in [3.05, 3.63) is 0 Å². The number of aliphatic hydroxyl groups excluding tert-OH is 1. The number of likely N-dealkylation sites (tertiary alicyclic amines) is 1. The van der Waals surface area contributed by atoms with Gasteiger partial charge >= 0.3 is 0 Å². The van der Waals surface area contributed by atoms with Crippen LogP contribution in [0.1, 0.15) is 115 Å². The number of hydrogen-bond donors (Lipinski definition) is 1. The lowest BCUT2D eigenvalue weighted by atomic mass is 9.77. The number of nitrogens with zero attached hydrogens (tertiary/aromatic N) is 2. The molecule has 2 saturated heterocycles. The van der Waals surface area contributed by atoms with Crippen molar-refractivity contribution in [1.29, 1.82) is 0 Å². The molecule has 0 aromatic carbocycles. The molecule has 0 spiro atoms. The molecule has 2 aliphatic heterocycles. The Morgan fingerprint density at radius 3 is 1.68 bits per heavy atom. The summed E-state index contributed by atoms with van der Waals surface area (Å²) in [5.41, 5.74) is -0.438. The summed E-state index contributed by atoms with van der Waals surface area (Å²) in [6, 6.07) is 0. The van der Waals surface area contributed by atoms with Gasteiger partial charge in [0.25, 0.3) is 0 Å². The SMILES string of the molecule is CCC(C)(CC)OC1CC(C)(C)N(CC(O)COC2CC(C)(C)N(OC)C(C)(C)C2)C(C)(C)C1. The molecule has 1 atom stereocenters. The number of rotatable bonds is 10. The van der Waals surface area contributed by atoms with Crippen LogP contribution in [0.3, 0.4) is 0 Å². The molecular weight excluding hydrogens is 428 g/mol. The molecular formula is C28H56N2O4. The summed E-state index contributed by atoms with van der Waals surface area (Å²) in [4.78, 5) is 8.18. The first kappa shape index (κ1) is 30.0. The van der Waals surface area contributed by atoms with Crippen LogP contribution in [0.25, 0.3) is 0 Å². The second kappa shape index (κ2) is 10.6. The maximum absolute atomic E-state index is 11.1. The zero-order valence-corrected chi connectivity index (χ0v) is 24.5. The predicted molar refractivity (Wildman–Crippen MR) is 140 cm³/mol. The summed E-state index contributed by atoms with van der Waals surface area (Å²) in [5, 5.41) is 13.1. The van der Waals surface area contributed by atoms with E-state index in [-0.39, 0.29) is 40.0 Å². The smallest absolute Gasteiger partial charge is 0.0900 e. The summed E-state index contributed by atoms with van der Waals surface area (Å²) in [6.45, 7) is 25.6. The average Bonchev–Trinajstić information content (AvgIpc) is 2.67. The van der Waals surface area contributed by atoms with Crippen LogP contribution >= 0.6 is 0 Å². The third kappa shape index (κ3) is 6.95. The van der Waals surface area contributed by atoms with E-state index in [0.29, 0.717) is 13.2 Å². The van der Waals surface area contributed by atoms with Crippen LogP contribution in [0.5, 0.6) is 0 Å². The molecule has 34 heavy (non-hydrogen) atoms. The van der Waals surface area contributed by atoms with Gasteiger partial charge in [0.1, 0.15) is 0 Å². The molecule has 2 fully saturated rings. The van der Waals surface area contributed by atoms with Crippen LogP contribution < -0.4 is 0 Å². The van der Waals surface area contributed by atoms with E-state index in [0.717, 1.165) is 38.5 Å². The summed E-state index contributed by atoms with van der Waals surface area (Å²) >= 11 is 0. The van der Waals surface area contributed by atoms with Gasteiger partial charge in [0.05, 0.1) is 37.6 Å². The third-order valence-electron chi connectivity index (χ3n) is 8.52. The lowest BCUT2D eigenvalue weighted by Crippen LogP contribution is -2.64. The van der Waals surface area contributed by atoms with Gasteiger partial charge in [0.2, 0.25) is 0 Å². The van der Waals surface area contributed by atoms with Crippen molar-refractivity contribution < 1.29 is 19.4 Å². The van der Waals surface area contributed by atoms with Gasteiger partial charge in [0.15, 0.2) is 0 Å². The van der Waals surface area contributed by atoms with E-state index in [4.69, 9.17) is 14.3 Å². The van der Waals surface area contributed by atoms with Crippen LogP contribution in [0.4, 0.5) is 0 Å². The maximum atomic E-state index is 11.1. The van der Waals surface area contributed by atoms with Crippen molar-refractivity contribution in [1.82, 2.24) is 9.96 Å². The molecule has 2 rings (SSSR count). The fourth-order valence-electron chi connectivity index (χ4n) is 6.92.